The van der Waals surface area contributed by atoms with Gasteiger partial charge in [0.2, 0.25) is 11.6 Å². The van der Waals surface area contributed by atoms with Crippen LogP contribution in [-0.4, -0.2) is 28.9 Å². The second kappa shape index (κ2) is 13.0. The molecule has 0 N–H and O–H groups in total. The molecule has 5 heteroatoms. The summed E-state index contributed by atoms with van der Waals surface area (Å²) in [4.78, 5) is 56.7. The highest BCUT2D eigenvalue weighted by Crippen LogP contribution is 2.62. The van der Waals surface area contributed by atoms with Gasteiger partial charge in [-0.05, 0) is 98.8 Å². The Hall–Kier alpha value is -2.56. The van der Waals surface area contributed by atoms with E-state index >= 15 is 0 Å². The second-order valence-electron chi connectivity index (χ2n) is 13.7. The van der Waals surface area contributed by atoms with Crippen LogP contribution in [0.15, 0.2) is 46.6 Å². The lowest BCUT2D eigenvalue weighted by molar-refractivity contribution is -0.176. The first kappa shape index (κ1) is 33.6. The summed E-state index contributed by atoms with van der Waals surface area (Å²) in [6, 6.07) is 0. The monoisotopic (exact) mass is 552 g/mol. The molecule has 0 amide bonds. The van der Waals surface area contributed by atoms with Gasteiger partial charge in [0.05, 0.1) is 5.92 Å². The van der Waals surface area contributed by atoms with Gasteiger partial charge < -0.3 is 4.74 Å². The van der Waals surface area contributed by atoms with Gasteiger partial charge in [-0.1, -0.05) is 67.4 Å². The van der Waals surface area contributed by atoms with E-state index < -0.39 is 45.8 Å². The summed E-state index contributed by atoms with van der Waals surface area (Å²) in [6.45, 7) is 21.4. The summed E-state index contributed by atoms with van der Waals surface area (Å²) in [5, 5.41) is 0. The van der Waals surface area contributed by atoms with E-state index in [-0.39, 0.29) is 24.5 Å². The molecule has 0 aromatic heterocycles. The Morgan fingerprint density at radius 1 is 0.850 bits per heavy atom. The van der Waals surface area contributed by atoms with E-state index in [9.17, 15) is 19.2 Å². The van der Waals surface area contributed by atoms with Gasteiger partial charge in [-0.3, -0.25) is 19.2 Å². The van der Waals surface area contributed by atoms with Crippen LogP contribution in [0.3, 0.4) is 0 Å². The molecule has 1 aliphatic carbocycles. The SMILES string of the molecule is CC(C)=CCC[C@]1(C)C(CC=C(C)C)C[C@@]2(CC=C(C)C)C(=O)O[C@](CC=C(C)C)(C2=O)C1C(=O)C(=O)C(C)C. The summed E-state index contributed by atoms with van der Waals surface area (Å²) in [5.41, 5.74) is 0.397. The minimum atomic E-state index is -1.72. The van der Waals surface area contributed by atoms with Crippen molar-refractivity contribution in [2.75, 3.05) is 0 Å². The zero-order valence-corrected chi connectivity index (χ0v) is 26.8. The molecule has 0 radical (unpaired) electrons. The number of carbonyl (C=O) groups excluding carboxylic acids is 4. The van der Waals surface area contributed by atoms with E-state index in [1.165, 1.54) is 5.57 Å². The quantitative estimate of drug-likeness (QED) is 0.106. The first-order valence-electron chi connectivity index (χ1n) is 14.8. The minimum absolute atomic E-state index is 0.0891. The van der Waals surface area contributed by atoms with Gasteiger partial charge in [-0.2, -0.15) is 0 Å². The molecule has 40 heavy (non-hydrogen) atoms. The van der Waals surface area contributed by atoms with Crippen molar-refractivity contribution in [2.24, 2.45) is 28.6 Å². The second-order valence-corrected chi connectivity index (χ2v) is 13.7. The Kier molecular flexibility index (Phi) is 10.9. The molecule has 2 rings (SSSR count). The van der Waals surface area contributed by atoms with Crippen molar-refractivity contribution >= 4 is 23.3 Å². The zero-order chi connectivity index (χ0) is 30.6. The van der Waals surface area contributed by atoms with Crippen LogP contribution in [0, 0.1) is 28.6 Å². The molecule has 5 atom stereocenters. The van der Waals surface area contributed by atoms with Gasteiger partial charge in [-0.25, -0.2) is 0 Å². The summed E-state index contributed by atoms with van der Waals surface area (Å²) in [5.74, 6) is -3.76. The molecule has 2 bridgehead atoms. The number of ether oxygens (including phenoxy) is 1. The average Bonchev–Trinajstić information content (AvgIpc) is 3.00. The predicted octanol–water partition coefficient (Wildman–Crippen LogP) is 8.09. The normalized spacial score (nSPS) is 29.3. The maximum absolute atomic E-state index is 14.9. The van der Waals surface area contributed by atoms with E-state index in [4.69, 9.17) is 4.74 Å². The van der Waals surface area contributed by atoms with E-state index in [1.54, 1.807) is 13.8 Å². The van der Waals surface area contributed by atoms with Gasteiger partial charge in [-0.15, -0.1) is 0 Å². The Morgan fingerprint density at radius 3 is 1.88 bits per heavy atom. The number of hydrogen-bond donors (Lipinski definition) is 0. The van der Waals surface area contributed by atoms with Gasteiger partial charge in [0.15, 0.2) is 11.4 Å². The summed E-state index contributed by atoms with van der Waals surface area (Å²) >= 11 is 0. The largest absolute Gasteiger partial charge is 0.449 e. The van der Waals surface area contributed by atoms with Gasteiger partial charge in [0.25, 0.3) is 0 Å². The van der Waals surface area contributed by atoms with E-state index in [1.807, 2.05) is 67.5 Å². The molecule has 1 saturated carbocycles. The molecule has 0 aromatic carbocycles. The van der Waals surface area contributed by atoms with Crippen LogP contribution < -0.4 is 0 Å². The average molecular weight is 553 g/mol. The Balaban J connectivity index is 3.03. The molecule has 1 heterocycles. The van der Waals surface area contributed by atoms with Crippen LogP contribution >= 0.6 is 0 Å². The Morgan fingerprint density at radius 2 is 1.38 bits per heavy atom. The van der Waals surface area contributed by atoms with Crippen molar-refractivity contribution in [3.63, 3.8) is 0 Å². The number of esters is 1. The number of Topliss-reactive ketones (excluding diaryl/α,β-unsaturated/α-hetero) is 3. The van der Waals surface area contributed by atoms with Gasteiger partial charge in [0.1, 0.15) is 5.41 Å². The molecule has 2 aliphatic rings. The van der Waals surface area contributed by atoms with E-state index in [0.717, 1.165) is 16.7 Å². The molecule has 0 aromatic rings. The number of allylic oxidation sites excluding steroid dienone is 7. The lowest BCUT2D eigenvalue weighted by atomic mass is 9.57. The first-order valence-corrected chi connectivity index (χ1v) is 14.8. The third-order valence-electron chi connectivity index (χ3n) is 8.89. The smallest absolute Gasteiger partial charge is 0.321 e. The third-order valence-corrected chi connectivity index (χ3v) is 8.89. The molecule has 2 unspecified atom stereocenters. The maximum atomic E-state index is 14.9. The van der Waals surface area contributed by atoms with Crippen molar-refractivity contribution < 1.29 is 23.9 Å². The summed E-state index contributed by atoms with van der Waals surface area (Å²) in [6.07, 6.45) is 10.6. The lowest BCUT2D eigenvalue weighted by Crippen LogP contribution is -2.57. The fourth-order valence-corrected chi connectivity index (χ4v) is 6.53. The molecule has 5 nitrogen and oxygen atoms in total. The highest BCUT2D eigenvalue weighted by Gasteiger charge is 2.74. The first-order chi connectivity index (χ1) is 18.4. The molecule has 0 spiro atoms. The highest BCUT2D eigenvalue weighted by molar-refractivity contribution is 6.40. The Bertz CT molecular complexity index is 1130. The van der Waals surface area contributed by atoms with E-state index in [0.29, 0.717) is 25.7 Å². The highest BCUT2D eigenvalue weighted by atomic mass is 16.6. The topological polar surface area (TPSA) is 77.5 Å². The van der Waals surface area contributed by atoms with Crippen molar-refractivity contribution in [1.29, 1.82) is 0 Å². The molecule has 1 aliphatic heterocycles. The molecule has 1 saturated heterocycles. The predicted molar refractivity (Wildman–Crippen MR) is 162 cm³/mol. The molecular formula is C35H52O5. The fraction of sp³-hybridized carbons (Fsp3) is 0.657. The van der Waals surface area contributed by atoms with Crippen LogP contribution in [0.1, 0.15) is 115 Å². The fourth-order valence-electron chi connectivity index (χ4n) is 6.53. The van der Waals surface area contributed by atoms with Crippen LogP contribution in [0.5, 0.6) is 0 Å². The molecule has 2 fully saturated rings. The van der Waals surface area contributed by atoms with Crippen molar-refractivity contribution in [3.8, 4) is 0 Å². The lowest BCUT2D eigenvalue weighted by Gasteiger charge is -2.48. The number of carbonyl (C=O) groups is 4. The van der Waals surface area contributed by atoms with E-state index in [2.05, 4.69) is 19.1 Å². The van der Waals surface area contributed by atoms with Crippen LogP contribution in [-0.2, 0) is 23.9 Å². The third kappa shape index (κ3) is 6.66. The maximum Gasteiger partial charge on any atom is 0.321 e. The van der Waals surface area contributed by atoms with Gasteiger partial charge >= 0.3 is 5.97 Å². The number of fused-ring (bicyclic) bond motifs is 2. The van der Waals surface area contributed by atoms with Crippen molar-refractivity contribution in [1.82, 2.24) is 0 Å². The van der Waals surface area contributed by atoms with Crippen LogP contribution in [0.25, 0.3) is 0 Å². The van der Waals surface area contributed by atoms with Crippen LogP contribution in [0.2, 0.25) is 0 Å². The zero-order valence-electron chi connectivity index (χ0n) is 26.8. The number of ketones is 3. The molecular weight excluding hydrogens is 500 g/mol. The summed E-state index contributed by atoms with van der Waals surface area (Å²) in [7, 11) is 0. The number of hydrogen-bond acceptors (Lipinski definition) is 5. The Labute approximate surface area is 242 Å². The van der Waals surface area contributed by atoms with Gasteiger partial charge in [0, 0.05) is 12.3 Å². The minimum Gasteiger partial charge on any atom is -0.449 e. The molecule has 222 valence electrons. The van der Waals surface area contributed by atoms with Crippen LogP contribution in [0.4, 0.5) is 0 Å². The number of rotatable bonds is 12. The summed E-state index contributed by atoms with van der Waals surface area (Å²) < 4.78 is 6.25. The van der Waals surface area contributed by atoms with Crippen molar-refractivity contribution in [3.05, 3.63) is 46.6 Å². The van der Waals surface area contributed by atoms with Crippen molar-refractivity contribution in [2.45, 2.75) is 120 Å². The standard InChI is InChI=1S/C35H52O5/c1-22(2)13-12-18-33(11)27(15-14-23(3)4)21-34(19-16-24(5)6)31(38)35(40-32(34)39,20-17-25(7)8)30(33)29(37)28(36)26(9)10/h13-14,16-17,26-27,30H,12,15,18-21H2,1-11H3/t27?,30?,33-,34-,35+/m1/s1.